The van der Waals surface area contributed by atoms with Gasteiger partial charge in [-0.15, -0.1) is 0 Å². The zero-order valence-electron chi connectivity index (χ0n) is 9.79. The first-order valence-corrected chi connectivity index (χ1v) is 7.11. The molecule has 2 aliphatic rings. The van der Waals surface area contributed by atoms with Gasteiger partial charge in [0.1, 0.15) is 5.75 Å². The van der Waals surface area contributed by atoms with Gasteiger partial charge in [-0.05, 0) is 55.9 Å². The summed E-state index contributed by atoms with van der Waals surface area (Å²) in [5.41, 5.74) is 0.671. The largest absolute Gasteiger partial charge is 0.490 e. The van der Waals surface area contributed by atoms with Gasteiger partial charge < -0.3 is 9.84 Å². The fourth-order valence-corrected chi connectivity index (χ4v) is 2.55. The fourth-order valence-electron chi connectivity index (χ4n) is 2.14. The van der Waals surface area contributed by atoms with E-state index in [0.717, 1.165) is 28.6 Å². The average Bonchev–Trinajstić information content (AvgIpc) is 2.92. The van der Waals surface area contributed by atoms with Gasteiger partial charge in [0.25, 0.3) is 0 Å². The second-order valence-electron chi connectivity index (χ2n) is 5.32. The van der Waals surface area contributed by atoms with E-state index in [-0.39, 0.29) is 0 Å². The van der Waals surface area contributed by atoms with Crippen LogP contribution in [0.2, 0.25) is 0 Å². The number of halogens is 1. The number of hydrogen-bond acceptors (Lipinski definition) is 2. The summed E-state index contributed by atoms with van der Waals surface area (Å²) in [4.78, 5) is 0. The first kappa shape index (κ1) is 11.5. The summed E-state index contributed by atoms with van der Waals surface area (Å²) in [6, 6.07) is 6.10. The summed E-state index contributed by atoms with van der Waals surface area (Å²) >= 11 is 3.48. The Balaban J connectivity index is 1.79. The van der Waals surface area contributed by atoms with Gasteiger partial charge in [-0.2, -0.15) is 0 Å². The van der Waals surface area contributed by atoms with E-state index in [1.807, 2.05) is 12.1 Å². The van der Waals surface area contributed by atoms with Gasteiger partial charge in [0.05, 0.1) is 11.7 Å². The van der Waals surface area contributed by atoms with Crippen molar-refractivity contribution in [3.8, 4) is 5.75 Å². The first-order chi connectivity index (χ1) is 8.15. The molecule has 0 saturated heterocycles. The molecule has 3 heteroatoms. The number of rotatable bonds is 4. The third-order valence-corrected chi connectivity index (χ3v) is 4.21. The molecule has 1 N–H and O–H groups in total. The minimum atomic E-state index is -0.460. The summed E-state index contributed by atoms with van der Waals surface area (Å²) in [6.45, 7) is 0. The molecule has 2 nitrogen and oxygen atoms in total. The van der Waals surface area contributed by atoms with Crippen molar-refractivity contribution in [2.45, 2.75) is 50.2 Å². The minimum Gasteiger partial charge on any atom is -0.490 e. The number of ether oxygens (including phenoxy) is 1. The summed E-state index contributed by atoms with van der Waals surface area (Å²) in [7, 11) is 0. The van der Waals surface area contributed by atoms with Crippen molar-refractivity contribution in [1.82, 2.24) is 0 Å². The van der Waals surface area contributed by atoms with Crippen LogP contribution < -0.4 is 4.74 Å². The Morgan fingerprint density at radius 3 is 2.71 bits per heavy atom. The van der Waals surface area contributed by atoms with Gasteiger partial charge in [-0.3, -0.25) is 0 Å². The molecule has 0 aliphatic heterocycles. The van der Waals surface area contributed by atoms with Crippen LogP contribution in [0.5, 0.6) is 5.75 Å². The van der Waals surface area contributed by atoms with E-state index in [0.29, 0.717) is 12.5 Å². The van der Waals surface area contributed by atoms with Gasteiger partial charge in [-0.1, -0.05) is 15.9 Å². The molecule has 1 aromatic carbocycles. The fraction of sp³-hybridized carbons (Fsp3) is 0.571. The molecule has 1 aromatic rings. The standard InChI is InChI=1S/C14H17BrO2/c15-11-4-5-13(17-12-2-1-3-12)10(8-11)9-14(16)6-7-14/h4-5,8,12,16H,1-3,6-7,9H2. The molecule has 0 atom stereocenters. The molecular formula is C14H17BrO2. The Hall–Kier alpha value is -0.540. The van der Waals surface area contributed by atoms with E-state index in [2.05, 4.69) is 22.0 Å². The molecule has 0 heterocycles. The Kier molecular flexibility index (Phi) is 2.91. The molecule has 2 fully saturated rings. The maximum absolute atomic E-state index is 10.0. The molecule has 0 bridgehead atoms. The Morgan fingerprint density at radius 1 is 1.35 bits per heavy atom. The molecule has 0 spiro atoms. The summed E-state index contributed by atoms with van der Waals surface area (Å²) in [5, 5.41) is 10.0. The van der Waals surface area contributed by atoms with Gasteiger partial charge in [0.2, 0.25) is 0 Å². The topological polar surface area (TPSA) is 29.5 Å². The lowest BCUT2D eigenvalue weighted by molar-refractivity contribution is 0.114. The predicted molar refractivity (Wildman–Crippen MR) is 70.3 cm³/mol. The smallest absolute Gasteiger partial charge is 0.123 e. The van der Waals surface area contributed by atoms with Crippen LogP contribution >= 0.6 is 15.9 Å². The van der Waals surface area contributed by atoms with Crippen molar-refractivity contribution in [3.63, 3.8) is 0 Å². The number of aliphatic hydroxyl groups is 1. The highest BCUT2D eigenvalue weighted by molar-refractivity contribution is 9.10. The molecular weight excluding hydrogens is 280 g/mol. The average molecular weight is 297 g/mol. The van der Waals surface area contributed by atoms with Crippen LogP contribution in [0, 0.1) is 0 Å². The Bertz CT molecular complexity index is 422. The molecule has 3 rings (SSSR count). The predicted octanol–water partition coefficient (Wildman–Crippen LogP) is 3.45. The highest BCUT2D eigenvalue weighted by Gasteiger charge is 2.41. The van der Waals surface area contributed by atoms with Crippen LogP contribution in [0.4, 0.5) is 0 Å². The van der Waals surface area contributed by atoms with E-state index in [4.69, 9.17) is 4.74 Å². The highest BCUT2D eigenvalue weighted by atomic mass is 79.9. The van der Waals surface area contributed by atoms with Crippen molar-refractivity contribution in [2.75, 3.05) is 0 Å². The van der Waals surface area contributed by atoms with Gasteiger partial charge in [-0.25, -0.2) is 0 Å². The monoisotopic (exact) mass is 296 g/mol. The lowest BCUT2D eigenvalue weighted by Crippen LogP contribution is -2.25. The van der Waals surface area contributed by atoms with E-state index in [1.54, 1.807) is 0 Å². The third-order valence-electron chi connectivity index (χ3n) is 3.72. The second-order valence-corrected chi connectivity index (χ2v) is 6.24. The van der Waals surface area contributed by atoms with Crippen molar-refractivity contribution < 1.29 is 9.84 Å². The van der Waals surface area contributed by atoms with Crippen LogP contribution in [-0.2, 0) is 6.42 Å². The molecule has 0 aromatic heterocycles. The molecule has 0 radical (unpaired) electrons. The van der Waals surface area contributed by atoms with Crippen LogP contribution in [0.15, 0.2) is 22.7 Å². The summed E-state index contributed by atoms with van der Waals surface area (Å²) in [6.07, 6.45) is 6.56. The van der Waals surface area contributed by atoms with E-state index in [1.165, 1.54) is 19.3 Å². The van der Waals surface area contributed by atoms with Gasteiger partial charge in [0, 0.05) is 10.9 Å². The lowest BCUT2D eigenvalue weighted by Gasteiger charge is -2.28. The van der Waals surface area contributed by atoms with Gasteiger partial charge >= 0.3 is 0 Å². The van der Waals surface area contributed by atoms with Crippen molar-refractivity contribution in [1.29, 1.82) is 0 Å². The normalized spacial score (nSPS) is 22.0. The third kappa shape index (κ3) is 2.66. The maximum Gasteiger partial charge on any atom is 0.123 e. The van der Waals surface area contributed by atoms with Crippen LogP contribution in [0.3, 0.4) is 0 Å². The van der Waals surface area contributed by atoms with E-state index >= 15 is 0 Å². The number of hydrogen-bond donors (Lipinski definition) is 1. The first-order valence-electron chi connectivity index (χ1n) is 6.32. The summed E-state index contributed by atoms with van der Waals surface area (Å²) < 4.78 is 7.03. The Labute approximate surface area is 110 Å². The molecule has 2 saturated carbocycles. The lowest BCUT2D eigenvalue weighted by atomic mass is 9.96. The van der Waals surface area contributed by atoms with Crippen LogP contribution in [-0.4, -0.2) is 16.8 Å². The molecule has 2 aliphatic carbocycles. The van der Waals surface area contributed by atoms with Crippen molar-refractivity contribution in [2.24, 2.45) is 0 Å². The second kappa shape index (κ2) is 4.29. The Morgan fingerprint density at radius 2 is 2.12 bits per heavy atom. The maximum atomic E-state index is 10.0. The van der Waals surface area contributed by atoms with Crippen LogP contribution in [0.1, 0.15) is 37.7 Å². The molecule has 92 valence electrons. The number of benzene rings is 1. The minimum absolute atomic E-state index is 0.392. The zero-order chi connectivity index (χ0) is 11.9. The molecule has 0 unspecified atom stereocenters. The zero-order valence-corrected chi connectivity index (χ0v) is 11.4. The van der Waals surface area contributed by atoms with Crippen molar-refractivity contribution >= 4 is 15.9 Å². The van der Waals surface area contributed by atoms with Crippen LogP contribution in [0.25, 0.3) is 0 Å². The van der Waals surface area contributed by atoms with E-state index in [9.17, 15) is 5.11 Å². The van der Waals surface area contributed by atoms with Crippen molar-refractivity contribution in [3.05, 3.63) is 28.2 Å². The SMILES string of the molecule is OC1(Cc2cc(Br)ccc2OC2CCC2)CC1. The van der Waals surface area contributed by atoms with E-state index < -0.39 is 5.60 Å². The molecule has 17 heavy (non-hydrogen) atoms. The summed E-state index contributed by atoms with van der Waals surface area (Å²) in [5.74, 6) is 0.957. The quantitative estimate of drug-likeness (QED) is 0.922. The molecule has 0 amide bonds. The van der Waals surface area contributed by atoms with Gasteiger partial charge in [0.15, 0.2) is 0 Å². The highest BCUT2D eigenvalue weighted by Crippen LogP contribution is 2.41.